The average Bonchev–Trinajstić information content (AvgIpc) is 2.48. The number of terminal acetylenes is 1. The van der Waals surface area contributed by atoms with Crippen LogP contribution in [0.15, 0.2) is 46.9 Å². The Morgan fingerprint density at radius 3 is 2.62 bits per heavy atom. The molecule has 2 rings (SSSR count). The number of ether oxygens (including phenoxy) is 1. The van der Waals surface area contributed by atoms with E-state index in [4.69, 9.17) is 11.2 Å². The molecule has 0 aliphatic carbocycles. The first kappa shape index (κ1) is 15.6. The van der Waals surface area contributed by atoms with Gasteiger partial charge in [-0.25, -0.2) is 0 Å². The molecule has 0 heterocycles. The number of halogens is 1. The maximum absolute atomic E-state index is 5.58. The summed E-state index contributed by atoms with van der Waals surface area (Å²) in [5.41, 5.74) is 3.75. The second-order valence-electron chi connectivity index (χ2n) is 4.93. The zero-order valence-corrected chi connectivity index (χ0v) is 13.7. The van der Waals surface area contributed by atoms with E-state index in [9.17, 15) is 0 Å². The standard InChI is InChI=1S/C18H18BrNO/c1-3-10-21-18-9-8-17(19)11-16(18)13-20-12-15-6-4-14(2)5-7-15/h1,4-9,11,20H,10,12-13H2,2H3/p+1. The van der Waals surface area contributed by atoms with Gasteiger partial charge in [-0.3, -0.25) is 0 Å². The number of quaternary nitrogens is 1. The maximum Gasteiger partial charge on any atom is 0.148 e. The Morgan fingerprint density at radius 2 is 1.90 bits per heavy atom. The molecule has 0 aliphatic rings. The van der Waals surface area contributed by atoms with E-state index in [1.807, 2.05) is 12.1 Å². The van der Waals surface area contributed by atoms with Crippen LogP contribution in [0.1, 0.15) is 16.7 Å². The Kier molecular flexibility index (Phi) is 5.86. The van der Waals surface area contributed by atoms with Gasteiger partial charge < -0.3 is 10.1 Å². The van der Waals surface area contributed by atoms with Crippen LogP contribution >= 0.6 is 15.9 Å². The zero-order chi connectivity index (χ0) is 15.1. The van der Waals surface area contributed by atoms with Crippen molar-refractivity contribution in [1.82, 2.24) is 0 Å². The van der Waals surface area contributed by atoms with E-state index in [0.29, 0.717) is 6.61 Å². The third-order valence-corrected chi connectivity index (χ3v) is 3.69. The van der Waals surface area contributed by atoms with Crippen LogP contribution in [0.4, 0.5) is 0 Å². The highest BCUT2D eigenvalue weighted by atomic mass is 79.9. The molecule has 0 saturated carbocycles. The van der Waals surface area contributed by atoms with Crippen molar-refractivity contribution in [2.75, 3.05) is 6.61 Å². The van der Waals surface area contributed by atoms with Gasteiger partial charge >= 0.3 is 0 Å². The molecule has 108 valence electrons. The summed E-state index contributed by atoms with van der Waals surface area (Å²) in [5, 5.41) is 2.26. The number of nitrogens with two attached hydrogens (primary N) is 1. The minimum absolute atomic E-state index is 0.298. The van der Waals surface area contributed by atoms with E-state index >= 15 is 0 Å². The molecule has 0 spiro atoms. The summed E-state index contributed by atoms with van der Waals surface area (Å²) in [7, 11) is 0. The summed E-state index contributed by atoms with van der Waals surface area (Å²) in [6, 6.07) is 14.6. The molecule has 2 nitrogen and oxygen atoms in total. The van der Waals surface area contributed by atoms with Crippen molar-refractivity contribution in [1.29, 1.82) is 0 Å². The molecule has 2 aromatic rings. The molecule has 0 aliphatic heterocycles. The van der Waals surface area contributed by atoms with Gasteiger partial charge in [0.25, 0.3) is 0 Å². The van der Waals surface area contributed by atoms with E-state index in [2.05, 4.69) is 64.4 Å². The lowest BCUT2D eigenvalue weighted by Crippen LogP contribution is -2.80. The Labute approximate surface area is 134 Å². The van der Waals surface area contributed by atoms with Crippen LogP contribution in [0.25, 0.3) is 0 Å². The molecule has 21 heavy (non-hydrogen) atoms. The summed E-state index contributed by atoms with van der Waals surface area (Å²) < 4.78 is 6.63. The molecule has 2 aromatic carbocycles. The number of benzene rings is 2. The number of aryl methyl sites for hydroxylation is 1. The lowest BCUT2D eigenvalue weighted by molar-refractivity contribution is -0.686. The van der Waals surface area contributed by atoms with Crippen LogP contribution in [-0.2, 0) is 13.1 Å². The van der Waals surface area contributed by atoms with Gasteiger partial charge in [-0.05, 0) is 25.1 Å². The molecule has 3 heteroatoms. The first-order valence-corrected chi connectivity index (χ1v) is 7.70. The van der Waals surface area contributed by atoms with Crippen molar-refractivity contribution < 1.29 is 10.1 Å². The van der Waals surface area contributed by atoms with Crippen molar-refractivity contribution in [2.24, 2.45) is 0 Å². The summed E-state index contributed by atoms with van der Waals surface area (Å²) in [6.45, 7) is 4.20. The molecule has 0 unspecified atom stereocenters. The SMILES string of the molecule is C#CCOc1ccc(Br)cc1C[NH2+]Cc1ccc(C)cc1. The Morgan fingerprint density at radius 1 is 1.14 bits per heavy atom. The van der Waals surface area contributed by atoms with Gasteiger partial charge in [0.05, 0.1) is 0 Å². The van der Waals surface area contributed by atoms with Crippen molar-refractivity contribution in [3.05, 3.63) is 63.6 Å². The van der Waals surface area contributed by atoms with Crippen molar-refractivity contribution in [2.45, 2.75) is 20.0 Å². The first-order chi connectivity index (χ1) is 10.2. The Balaban J connectivity index is 1.97. The van der Waals surface area contributed by atoms with Crippen LogP contribution in [0, 0.1) is 19.3 Å². The fraction of sp³-hybridized carbons (Fsp3) is 0.222. The van der Waals surface area contributed by atoms with Gasteiger partial charge in [-0.2, -0.15) is 0 Å². The molecule has 2 N–H and O–H groups in total. The predicted molar refractivity (Wildman–Crippen MR) is 89.0 cm³/mol. The fourth-order valence-corrected chi connectivity index (χ4v) is 2.49. The van der Waals surface area contributed by atoms with Crippen molar-refractivity contribution >= 4 is 15.9 Å². The quantitative estimate of drug-likeness (QED) is 0.800. The number of hydrogen-bond donors (Lipinski definition) is 1. The molecular formula is C18H19BrNO+. The van der Waals surface area contributed by atoms with Gasteiger partial charge in [0.15, 0.2) is 0 Å². The summed E-state index contributed by atoms with van der Waals surface area (Å²) in [5.74, 6) is 3.36. The maximum atomic E-state index is 5.58. The lowest BCUT2D eigenvalue weighted by Gasteiger charge is -2.09. The normalized spacial score (nSPS) is 10.1. The molecule has 0 saturated heterocycles. The summed E-state index contributed by atoms with van der Waals surface area (Å²) in [6.07, 6.45) is 5.25. The number of hydrogen-bond acceptors (Lipinski definition) is 1. The topological polar surface area (TPSA) is 25.8 Å². The Bertz CT molecular complexity index is 629. The molecule has 0 fully saturated rings. The zero-order valence-electron chi connectivity index (χ0n) is 12.1. The van der Waals surface area contributed by atoms with Crippen molar-refractivity contribution in [3.8, 4) is 18.1 Å². The molecule has 0 amide bonds. The van der Waals surface area contributed by atoms with E-state index in [-0.39, 0.29) is 0 Å². The molecule has 0 bridgehead atoms. The van der Waals surface area contributed by atoms with Crippen LogP contribution < -0.4 is 10.1 Å². The summed E-state index contributed by atoms with van der Waals surface area (Å²) in [4.78, 5) is 0. The Hall–Kier alpha value is -1.76. The highest BCUT2D eigenvalue weighted by molar-refractivity contribution is 9.10. The fourth-order valence-electron chi connectivity index (χ4n) is 2.09. The van der Waals surface area contributed by atoms with Crippen LogP contribution in [0.3, 0.4) is 0 Å². The number of rotatable bonds is 6. The monoisotopic (exact) mass is 344 g/mol. The molecule has 0 atom stereocenters. The van der Waals surface area contributed by atoms with E-state index in [1.165, 1.54) is 11.1 Å². The van der Waals surface area contributed by atoms with E-state index < -0.39 is 0 Å². The second kappa shape index (κ2) is 7.87. The molecular weight excluding hydrogens is 326 g/mol. The van der Waals surface area contributed by atoms with Gasteiger partial charge in [-0.15, -0.1) is 6.42 Å². The van der Waals surface area contributed by atoms with E-state index in [1.54, 1.807) is 0 Å². The smallest absolute Gasteiger partial charge is 0.148 e. The highest BCUT2D eigenvalue weighted by Gasteiger charge is 2.06. The van der Waals surface area contributed by atoms with Crippen LogP contribution in [-0.4, -0.2) is 6.61 Å². The minimum Gasteiger partial charge on any atom is -0.480 e. The van der Waals surface area contributed by atoms with E-state index in [0.717, 1.165) is 28.9 Å². The molecule has 0 aromatic heterocycles. The van der Waals surface area contributed by atoms with Gasteiger partial charge in [0, 0.05) is 15.6 Å². The third kappa shape index (κ3) is 4.93. The third-order valence-electron chi connectivity index (χ3n) is 3.20. The van der Waals surface area contributed by atoms with Crippen LogP contribution in [0.2, 0.25) is 0 Å². The largest absolute Gasteiger partial charge is 0.480 e. The average molecular weight is 345 g/mol. The summed E-state index contributed by atoms with van der Waals surface area (Å²) >= 11 is 3.50. The van der Waals surface area contributed by atoms with Gasteiger partial charge in [0.2, 0.25) is 0 Å². The van der Waals surface area contributed by atoms with Crippen molar-refractivity contribution in [3.63, 3.8) is 0 Å². The highest BCUT2D eigenvalue weighted by Crippen LogP contribution is 2.22. The molecule has 0 radical (unpaired) electrons. The van der Waals surface area contributed by atoms with Gasteiger partial charge in [-0.1, -0.05) is 51.7 Å². The first-order valence-electron chi connectivity index (χ1n) is 6.91. The van der Waals surface area contributed by atoms with Crippen LogP contribution in [0.5, 0.6) is 5.75 Å². The van der Waals surface area contributed by atoms with Gasteiger partial charge in [0.1, 0.15) is 25.4 Å². The second-order valence-corrected chi connectivity index (χ2v) is 5.84. The predicted octanol–water partition coefficient (Wildman–Crippen LogP) is 3.03. The lowest BCUT2D eigenvalue weighted by atomic mass is 10.1. The minimum atomic E-state index is 0.298.